The second-order valence-electron chi connectivity index (χ2n) is 5.42. The molecule has 1 unspecified atom stereocenters. The number of aliphatic hydroxyl groups is 2. The molecule has 2 heteroatoms. The number of hydrogen-bond acceptors (Lipinski definition) is 2. The van der Waals surface area contributed by atoms with Crippen molar-refractivity contribution < 1.29 is 10.2 Å². The quantitative estimate of drug-likeness (QED) is 0.637. The topological polar surface area (TPSA) is 40.5 Å². The largest absolute Gasteiger partial charge is 0.396 e. The van der Waals surface area contributed by atoms with Crippen molar-refractivity contribution >= 4 is 0 Å². The minimum absolute atomic E-state index is 0.117. The van der Waals surface area contributed by atoms with E-state index in [0.717, 1.165) is 38.5 Å². The molecule has 0 saturated carbocycles. The van der Waals surface area contributed by atoms with Crippen LogP contribution in [0, 0.1) is 11.3 Å². The van der Waals surface area contributed by atoms with Gasteiger partial charge in [-0.1, -0.05) is 53.4 Å². The molecule has 0 aliphatic carbocycles. The van der Waals surface area contributed by atoms with Crippen LogP contribution in [0.4, 0.5) is 0 Å². The molecule has 0 fully saturated rings. The molecular weight excluding hydrogens is 200 g/mol. The first-order valence-corrected chi connectivity index (χ1v) is 6.83. The van der Waals surface area contributed by atoms with E-state index in [1.54, 1.807) is 0 Å². The Hall–Kier alpha value is -0.0800. The Bertz CT molecular complexity index is 158. The van der Waals surface area contributed by atoms with Crippen LogP contribution < -0.4 is 0 Å². The van der Waals surface area contributed by atoms with Crippen LogP contribution >= 0.6 is 0 Å². The summed E-state index contributed by atoms with van der Waals surface area (Å²) in [7, 11) is 0. The van der Waals surface area contributed by atoms with E-state index in [9.17, 15) is 10.2 Å². The van der Waals surface area contributed by atoms with Gasteiger partial charge in [-0.2, -0.15) is 0 Å². The maximum absolute atomic E-state index is 10.3. The number of aliphatic hydroxyl groups excluding tert-OH is 2. The van der Waals surface area contributed by atoms with Gasteiger partial charge in [0, 0.05) is 5.41 Å². The Balaban J connectivity index is 4.64. The van der Waals surface area contributed by atoms with E-state index < -0.39 is 0 Å². The Morgan fingerprint density at radius 3 is 1.69 bits per heavy atom. The standard InChI is InChI=1S/C14H30O2/c1-5-7-9-14(11-15,10-8-6-2)13(16)12(3)4/h12-13,15-16H,5-11H2,1-4H3. The van der Waals surface area contributed by atoms with Crippen LogP contribution in [-0.4, -0.2) is 22.9 Å². The fraction of sp³-hybridized carbons (Fsp3) is 1.00. The molecule has 1 atom stereocenters. The lowest BCUT2D eigenvalue weighted by Crippen LogP contribution is -2.42. The second-order valence-corrected chi connectivity index (χ2v) is 5.42. The van der Waals surface area contributed by atoms with Crippen LogP contribution in [0.25, 0.3) is 0 Å². The fourth-order valence-corrected chi connectivity index (χ4v) is 2.44. The Morgan fingerprint density at radius 1 is 1.00 bits per heavy atom. The van der Waals surface area contributed by atoms with Gasteiger partial charge in [0.15, 0.2) is 0 Å². The molecule has 0 amide bonds. The summed E-state index contributed by atoms with van der Waals surface area (Å²) in [5, 5.41) is 20.0. The van der Waals surface area contributed by atoms with E-state index in [1.165, 1.54) is 0 Å². The Labute approximate surface area is 101 Å². The highest BCUT2D eigenvalue weighted by atomic mass is 16.3. The lowest BCUT2D eigenvalue weighted by molar-refractivity contribution is -0.0567. The highest BCUT2D eigenvalue weighted by molar-refractivity contribution is 4.87. The molecule has 0 heterocycles. The SMILES string of the molecule is CCCCC(CO)(CCCC)C(O)C(C)C. The van der Waals surface area contributed by atoms with Gasteiger partial charge in [0.2, 0.25) is 0 Å². The van der Waals surface area contributed by atoms with Crippen molar-refractivity contribution in [2.45, 2.75) is 72.3 Å². The smallest absolute Gasteiger partial charge is 0.0641 e. The molecule has 0 aliphatic rings. The predicted octanol–water partition coefficient (Wildman–Crippen LogP) is 3.36. The van der Waals surface area contributed by atoms with Crippen molar-refractivity contribution in [2.24, 2.45) is 11.3 Å². The maximum atomic E-state index is 10.3. The normalized spacial score (nSPS) is 14.4. The minimum atomic E-state index is -0.379. The van der Waals surface area contributed by atoms with E-state index in [0.29, 0.717) is 0 Å². The van der Waals surface area contributed by atoms with Gasteiger partial charge >= 0.3 is 0 Å². The van der Waals surface area contributed by atoms with Gasteiger partial charge in [-0.25, -0.2) is 0 Å². The zero-order chi connectivity index (χ0) is 12.6. The third-order valence-electron chi connectivity index (χ3n) is 3.63. The van der Waals surface area contributed by atoms with Gasteiger partial charge in [-0.05, 0) is 18.8 Å². The summed E-state index contributed by atoms with van der Waals surface area (Å²) in [4.78, 5) is 0. The molecule has 98 valence electrons. The predicted molar refractivity (Wildman–Crippen MR) is 69.4 cm³/mol. The molecule has 16 heavy (non-hydrogen) atoms. The molecule has 0 spiro atoms. The van der Waals surface area contributed by atoms with Gasteiger partial charge in [-0.15, -0.1) is 0 Å². The summed E-state index contributed by atoms with van der Waals surface area (Å²) in [6.07, 6.45) is 5.94. The zero-order valence-corrected chi connectivity index (χ0v) is 11.5. The summed E-state index contributed by atoms with van der Waals surface area (Å²) in [5.74, 6) is 0.223. The molecule has 0 bridgehead atoms. The molecule has 0 aromatic heterocycles. The first-order chi connectivity index (χ1) is 7.54. The van der Waals surface area contributed by atoms with Crippen molar-refractivity contribution in [3.8, 4) is 0 Å². The van der Waals surface area contributed by atoms with E-state index in [4.69, 9.17) is 0 Å². The first-order valence-electron chi connectivity index (χ1n) is 6.83. The van der Waals surface area contributed by atoms with E-state index in [1.807, 2.05) is 13.8 Å². The van der Waals surface area contributed by atoms with Crippen molar-refractivity contribution in [1.82, 2.24) is 0 Å². The van der Waals surface area contributed by atoms with E-state index in [-0.39, 0.29) is 24.0 Å². The molecule has 0 aromatic rings. The molecule has 0 saturated heterocycles. The molecular formula is C14H30O2. The Kier molecular flexibility index (Phi) is 8.04. The van der Waals surface area contributed by atoms with Gasteiger partial charge < -0.3 is 10.2 Å². The molecule has 2 nitrogen and oxygen atoms in total. The van der Waals surface area contributed by atoms with Gasteiger partial charge in [-0.3, -0.25) is 0 Å². The summed E-state index contributed by atoms with van der Waals surface area (Å²) in [5.41, 5.74) is -0.264. The van der Waals surface area contributed by atoms with Crippen molar-refractivity contribution in [3.05, 3.63) is 0 Å². The summed E-state index contributed by atoms with van der Waals surface area (Å²) >= 11 is 0. The number of hydrogen-bond donors (Lipinski definition) is 2. The molecule has 0 aromatic carbocycles. The van der Waals surface area contributed by atoms with Gasteiger partial charge in [0.05, 0.1) is 12.7 Å². The molecule has 0 rings (SSSR count). The molecule has 0 aliphatic heterocycles. The van der Waals surface area contributed by atoms with Crippen molar-refractivity contribution in [1.29, 1.82) is 0 Å². The van der Waals surface area contributed by atoms with Crippen LogP contribution in [-0.2, 0) is 0 Å². The summed E-state index contributed by atoms with van der Waals surface area (Å²) in [6, 6.07) is 0. The van der Waals surface area contributed by atoms with Crippen molar-refractivity contribution in [3.63, 3.8) is 0 Å². The second kappa shape index (κ2) is 8.08. The monoisotopic (exact) mass is 230 g/mol. The maximum Gasteiger partial charge on any atom is 0.0641 e. The minimum Gasteiger partial charge on any atom is -0.396 e. The van der Waals surface area contributed by atoms with Crippen LogP contribution in [0.3, 0.4) is 0 Å². The fourth-order valence-electron chi connectivity index (χ4n) is 2.44. The average molecular weight is 230 g/mol. The zero-order valence-electron chi connectivity index (χ0n) is 11.5. The third-order valence-corrected chi connectivity index (χ3v) is 3.63. The Morgan fingerprint density at radius 2 is 1.44 bits per heavy atom. The van der Waals surface area contributed by atoms with Crippen LogP contribution in [0.5, 0.6) is 0 Å². The number of unbranched alkanes of at least 4 members (excludes halogenated alkanes) is 2. The van der Waals surface area contributed by atoms with Gasteiger partial charge in [0.1, 0.15) is 0 Å². The van der Waals surface area contributed by atoms with Crippen LogP contribution in [0.1, 0.15) is 66.2 Å². The number of rotatable bonds is 9. The summed E-state index contributed by atoms with van der Waals surface area (Å²) < 4.78 is 0. The van der Waals surface area contributed by atoms with Crippen LogP contribution in [0.2, 0.25) is 0 Å². The lowest BCUT2D eigenvalue weighted by Gasteiger charge is -2.39. The van der Waals surface area contributed by atoms with E-state index in [2.05, 4.69) is 13.8 Å². The van der Waals surface area contributed by atoms with E-state index >= 15 is 0 Å². The third kappa shape index (κ3) is 4.42. The lowest BCUT2D eigenvalue weighted by atomic mass is 9.71. The van der Waals surface area contributed by atoms with Gasteiger partial charge in [0.25, 0.3) is 0 Å². The first kappa shape index (κ1) is 15.9. The highest BCUT2D eigenvalue weighted by Gasteiger charge is 2.37. The molecule has 0 radical (unpaired) electrons. The highest BCUT2D eigenvalue weighted by Crippen LogP contribution is 2.37. The van der Waals surface area contributed by atoms with Crippen LogP contribution in [0.15, 0.2) is 0 Å². The average Bonchev–Trinajstić information content (AvgIpc) is 2.29. The summed E-state index contributed by atoms with van der Waals surface area (Å²) in [6.45, 7) is 8.50. The van der Waals surface area contributed by atoms with Crippen molar-refractivity contribution in [2.75, 3.05) is 6.61 Å². The molecule has 2 N–H and O–H groups in total.